The van der Waals surface area contributed by atoms with E-state index in [0.29, 0.717) is 17.9 Å². The van der Waals surface area contributed by atoms with Gasteiger partial charge in [0, 0.05) is 36.4 Å². The number of aromatic nitrogens is 4. The number of anilines is 1. The lowest BCUT2D eigenvalue weighted by Gasteiger charge is -2.07. The number of amides is 1. The number of nitrogens with one attached hydrogen (secondary N) is 1. The number of carbonyl (C=O) groups is 1. The number of nitrogens with two attached hydrogens (primary N) is 1. The van der Waals surface area contributed by atoms with Gasteiger partial charge >= 0.3 is 0 Å². The summed E-state index contributed by atoms with van der Waals surface area (Å²) in [6.45, 7) is 0.442. The average molecular weight is 414 g/mol. The number of nitrogens with zero attached hydrogens (tertiary/aromatic N) is 4. The monoisotopic (exact) mass is 414 g/mol. The molecule has 0 saturated heterocycles. The van der Waals surface area contributed by atoms with Gasteiger partial charge in [0.25, 0.3) is 5.91 Å². The fourth-order valence-electron chi connectivity index (χ4n) is 3.47. The van der Waals surface area contributed by atoms with Crippen molar-refractivity contribution in [2.24, 2.45) is 7.05 Å². The minimum atomic E-state index is -0.122. The van der Waals surface area contributed by atoms with Crippen LogP contribution in [0.1, 0.15) is 15.9 Å². The zero-order valence-electron chi connectivity index (χ0n) is 16.2. The first-order chi connectivity index (χ1) is 14.6. The lowest BCUT2D eigenvalue weighted by Crippen LogP contribution is -2.22. The first-order valence-corrected chi connectivity index (χ1v) is 10.2. The maximum Gasteiger partial charge on any atom is 0.251 e. The minimum Gasteiger partial charge on any atom is -0.382 e. The molecule has 0 radical (unpaired) electrons. The predicted molar refractivity (Wildman–Crippen MR) is 119 cm³/mol. The van der Waals surface area contributed by atoms with Crippen LogP contribution >= 0.6 is 11.3 Å². The van der Waals surface area contributed by atoms with Crippen LogP contribution in [-0.4, -0.2) is 25.4 Å². The summed E-state index contributed by atoms with van der Waals surface area (Å²) in [6, 6.07) is 13.6. The molecule has 148 valence electrons. The second kappa shape index (κ2) is 7.23. The van der Waals surface area contributed by atoms with E-state index in [1.54, 1.807) is 42.2 Å². The molecule has 0 spiro atoms. The van der Waals surface area contributed by atoms with Crippen molar-refractivity contribution in [1.29, 1.82) is 0 Å². The first-order valence-electron chi connectivity index (χ1n) is 9.38. The van der Waals surface area contributed by atoms with Crippen LogP contribution in [0.15, 0.2) is 61.2 Å². The Balaban J connectivity index is 1.45. The van der Waals surface area contributed by atoms with E-state index in [4.69, 9.17) is 5.73 Å². The molecular formula is C22H18N6OS. The van der Waals surface area contributed by atoms with Crippen molar-refractivity contribution in [3.05, 3.63) is 72.3 Å². The molecule has 1 amide bonds. The molecule has 7 nitrogen and oxygen atoms in total. The van der Waals surface area contributed by atoms with Crippen LogP contribution in [0.25, 0.3) is 31.7 Å². The largest absolute Gasteiger partial charge is 0.382 e. The Kier molecular flexibility index (Phi) is 4.40. The van der Waals surface area contributed by atoms with E-state index in [1.807, 2.05) is 23.7 Å². The smallest absolute Gasteiger partial charge is 0.251 e. The SMILES string of the molecule is Cn1cnc2c(N)nc3cc(-c4cccc(CNC(=O)c5ccncc5)c4)sc3c21. The molecule has 0 atom stereocenters. The highest BCUT2D eigenvalue weighted by Gasteiger charge is 2.15. The Labute approximate surface area is 176 Å². The van der Waals surface area contributed by atoms with E-state index in [2.05, 4.69) is 38.5 Å². The molecule has 0 unspecified atom stereocenters. The van der Waals surface area contributed by atoms with Crippen molar-refractivity contribution in [3.8, 4) is 10.4 Å². The second-order valence-corrected chi connectivity index (χ2v) is 8.05. The number of rotatable bonds is 4. The summed E-state index contributed by atoms with van der Waals surface area (Å²) in [4.78, 5) is 26.2. The molecule has 8 heteroatoms. The normalized spacial score (nSPS) is 11.2. The maximum absolute atomic E-state index is 12.3. The number of pyridine rings is 2. The Morgan fingerprint density at radius 1 is 1.20 bits per heavy atom. The van der Waals surface area contributed by atoms with E-state index in [9.17, 15) is 4.79 Å². The lowest BCUT2D eigenvalue weighted by molar-refractivity contribution is 0.0951. The van der Waals surface area contributed by atoms with Crippen LogP contribution in [0.2, 0.25) is 0 Å². The predicted octanol–water partition coefficient (Wildman–Crippen LogP) is 3.76. The molecule has 0 aliphatic carbocycles. The number of fused-ring (bicyclic) bond motifs is 3. The molecule has 1 aromatic carbocycles. The third kappa shape index (κ3) is 3.17. The minimum absolute atomic E-state index is 0.122. The van der Waals surface area contributed by atoms with E-state index >= 15 is 0 Å². The third-order valence-corrected chi connectivity index (χ3v) is 6.14. The summed E-state index contributed by atoms with van der Waals surface area (Å²) in [5, 5.41) is 2.95. The topological polar surface area (TPSA) is 98.7 Å². The van der Waals surface area contributed by atoms with Crippen molar-refractivity contribution in [2.75, 3.05) is 5.73 Å². The molecule has 4 aromatic heterocycles. The fraction of sp³-hybridized carbons (Fsp3) is 0.0909. The highest BCUT2D eigenvalue weighted by molar-refractivity contribution is 7.23. The summed E-state index contributed by atoms with van der Waals surface area (Å²) in [5.74, 6) is 0.318. The number of aryl methyl sites for hydroxylation is 1. The standard InChI is InChI=1S/C22H18N6OS/c1-28-12-26-18-19(28)20-16(27-21(18)23)10-17(30-20)15-4-2-3-13(9-15)11-25-22(29)14-5-7-24-8-6-14/h2-10,12H,11H2,1H3,(H2,23,27)(H,25,29). The molecule has 0 saturated carbocycles. The third-order valence-electron chi connectivity index (χ3n) is 4.96. The van der Waals surface area contributed by atoms with Gasteiger partial charge in [-0.3, -0.25) is 9.78 Å². The van der Waals surface area contributed by atoms with Crippen LogP contribution in [0.4, 0.5) is 5.82 Å². The molecule has 4 heterocycles. The zero-order valence-corrected chi connectivity index (χ0v) is 17.0. The molecular weight excluding hydrogens is 396 g/mol. The molecule has 30 heavy (non-hydrogen) atoms. The van der Waals surface area contributed by atoms with Gasteiger partial charge in [0.05, 0.1) is 22.1 Å². The van der Waals surface area contributed by atoms with E-state index in [0.717, 1.165) is 37.3 Å². The number of hydrogen-bond donors (Lipinski definition) is 2. The first kappa shape index (κ1) is 18.3. The molecule has 3 N–H and O–H groups in total. The van der Waals surface area contributed by atoms with Gasteiger partial charge in [-0.2, -0.15) is 0 Å². The van der Waals surface area contributed by atoms with Crippen molar-refractivity contribution in [1.82, 2.24) is 24.8 Å². The molecule has 0 fully saturated rings. The van der Waals surface area contributed by atoms with Crippen LogP contribution in [-0.2, 0) is 13.6 Å². The van der Waals surface area contributed by atoms with E-state index in [-0.39, 0.29) is 5.91 Å². The van der Waals surface area contributed by atoms with Crippen molar-refractivity contribution < 1.29 is 4.79 Å². The number of nitrogen functional groups attached to an aromatic ring is 1. The van der Waals surface area contributed by atoms with E-state index in [1.165, 1.54) is 0 Å². The van der Waals surface area contributed by atoms with Gasteiger partial charge < -0.3 is 15.6 Å². The zero-order chi connectivity index (χ0) is 20.7. The number of imidazole rings is 1. The van der Waals surface area contributed by atoms with Gasteiger partial charge in [0.15, 0.2) is 5.82 Å². The quantitative estimate of drug-likeness (QED) is 0.467. The van der Waals surface area contributed by atoms with Gasteiger partial charge in [-0.15, -0.1) is 11.3 Å². The summed E-state index contributed by atoms with van der Waals surface area (Å²) in [6.07, 6.45) is 4.97. The number of carbonyl (C=O) groups excluding carboxylic acids is 1. The van der Waals surface area contributed by atoms with Crippen LogP contribution in [0, 0.1) is 0 Å². The van der Waals surface area contributed by atoms with Gasteiger partial charge in [-0.1, -0.05) is 18.2 Å². The van der Waals surface area contributed by atoms with Crippen molar-refractivity contribution >= 4 is 44.3 Å². The van der Waals surface area contributed by atoms with Crippen LogP contribution in [0.5, 0.6) is 0 Å². The highest BCUT2D eigenvalue weighted by Crippen LogP contribution is 2.38. The van der Waals surface area contributed by atoms with Gasteiger partial charge in [0.1, 0.15) is 5.52 Å². The van der Waals surface area contributed by atoms with Crippen molar-refractivity contribution in [3.63, 3.8) is 0 Å². The second-order valence-electron chi connectivity index (χ2n) is 6.99. The number of thiophene rings is 1. The molecule has 0 aliphatic rings. The lowest BCUT2D eigenvalue weighted by atomic mass is 10.1. The Morgan fingerprint density at radius 3 is 2.87 bits per heavy atom. The Hall–Kier alpha value is -3.78. The van der Waals surface area contributed by atoms with Gasteiger partial charge in [-0.25, -0.2) is 9.97 Å². The fourth-order valence-corrected chi connectivity index (χ4v) is 4.65. The Morgan fingerprint density at radius 2 is 2.03 bits per heavy atom. The number of benzene rings is 1. The highest BCUT2D eigenvalue weighted by atomic mass is 32.1. The van der Waals surface area contributed by atoms with E-state index < -0.39 is 0 Å². The summed E-state index contributed by atoms with van der Waals surface area (Å²) < 4.78 is 3.03. The number of hydrogen-bond acceptors (Lipinski definition) is 6. The van der Waals surface area contributed by atoms with Crippen LogP contribution in [0.3, 0.4) is 0 Å². The van der Waals surface area contributed by atoms with Crippen molar-refractivity contribution in [2.45, 2.75) is 6.54 Å². The van der Waals surface area contributed by atoms with Gasteiger partial charge in [0.2, 0.25) is 0 Å². The van der Waals surface area contributed by atoms with Crippen LogP contribution < -0.4 is 11.1 Å². The average Bonchev–Trinajstić information content (AvgIpc) is 3.37. The summed E-state index contributed by atoms with van der Waals surface area (Å²) >= 11 is 1.66. The maximum atomic E-state index is 12.3. The molecule has 0 bridgehead atoms. The summed E-state index contributed by atoms with van der Waals surface area (Å²) in [5.41, 5.74) is 11.4. The van der Waals surface area contributed by atoms with Gasteiger partial charge in [-0.05, 0) is 35.4 Å². The molecule has 0 aliphatic heterocycles. The summed E-state index contributed by atoms with van der Waals surface area (Å²) in [7, 11) is 1.96. The molecule has 5 rings (SSSR count). The Bertz CT molecular complexity index is 1390. The molecule has 5 aromatic rings.